The van der Waals surface area contributed by atoms with Crippen LogP contribution < -0.4 is 4.90 Å². The third-order valence-corrected chi connectivity index (χ3v) is 9.45. The molecule has 0 saturated heterocycles. The Labute approximate surface area is 259 Å². The lowest BCUT2D eigenvalue weighted by molar-refractivity contribution is 0.657. The molecule has 0 atom stereocenters. The number of anilines is 3. The molecule has 0 bridgehead atoms. The van der Waals surface area contributed by atoms with Crippen molar-refractivity contribution >= 4 is 39.0 Å². The summed E-state index contributed by atoms with van der Waals surface area (Å²) in [4.78, 5) is 2.37. The number of fused-ring (bicyclic) bond motifs is 6. The SMILES string of the molecule is CC(C)c1cccc2c1oc1c(N(c3ccc(-c4ccccc4)cc3)c3ccc4c(c3)C(C)(C)c3ccccc3-4)cccc12. The number of hydrogen-bond acceptors (Lipinski definition) is 2. The normalized spacial score (nSPS) is 13.4. The minimum atomic E-state index is -0.0949. The average molecular weight is 570 g/mol. The number of furan rings is 1. The Morgan fingerprint density at radius 1 is 0.545 bits per heavy atom. The average Bonchev–Trinajstić information content (AvgIpc) is 3.55. The summed E-state index contributed by atoms with van der Waals surface area (Å²) in [5.41, 5.74) is 14.1. The Balaban J connectivity index is 1.36. The summed E-state index contributed by atoms with van der Waals surface area (Å²) in [6.07, 6.45) is 0. The predicted octanol–water partition coefficient (Wildman–Crippen LogP) is 12.2. The van der Waals surface area contributed by atoms with Crippen molar-refractivity contribution in [3.05, 3.63) is 150 Å². The molecule has 0 fully saturated rings. The standard InChI is InChI=1S/C42H35NO/c1-27(2)32-15-10-16-35-36-17-11-19-39(41(36)44-40(32)35)43(30-22-20-29(21-23-30)28-12-6-5-7-13-28)31-24-25-34-33-14-8-9-18-37(33)42(3,4)38(34)26-31/h5-27H,1-4H3. The van der Waals surface area contributed by atoms with Gasteiger partial charge >= 0.3 is 0 Å². The van der Waals surface area contributed by atoms with E-state index >= 15 is 0 Å². The van der Waals surface area contributed by atoms with Crippen LogP contribution in [0.1, 0.15) is 50.3 Å². The predicted molar refractivity (Wildman–Crippen MR) is 185 cm³/mol. The fraction of sp³-hybridized carbons (Fsp3) is 0.143. The second-order valence-corrected chi connectivity index (χ2v) is 12.8. The first-order valence-corrected chi connectivity index (χ1v) is 15.6. The van der Waals surface area contributed by atoms with Crippen LogP contribution in [0.2, 0.25) is 0 Å². The van der Waals surface area contributed by atoms with Crippen molar-refractivity contribution in [1.29, 1.82) is 0 Å². The summed E-state index contributed by atoms with van der Waals surface area (Å²) in [6, 6.07) is 48.3. The van der Waals surface area contributed by atoms with Crippen LogP contribution in [0.5, 0.6) is 0 Å². The number of nitrogens with zero attached hydrogens (tertiary/aromatic N) is 1. The van der Waals surface area contributed by atoms with Gasteiger partial charge in [0.05, 0.1) is 5.69 Å². The maximum Gasteiger partial charge on any atom is 0.159 e. The Hall–Kier alpha value is -5.08. The summed E-state index contributed by atoms with van der Waals surface area (Å²) < 4.78 is 6.84. The van der Waals surface area contributed by atoms with Gasteiger partial charge in [-0.2, -0.15) is 0 Å². The van der Waals surface area contributed by atoms with Crippen molar-refractivity contribution in [2.24, 2.45) is 0 Å². The molecule has 1 aliphatic carbocycles. The molecule has 0 spiro atoms. The van der Waals surface area contributed by atoms with Crippen LogP contribution in [0, 0.1) is 0 Å². The quantitative estimate of drug-likeness (QED) is 0.205. The van der Waals surface area contributed by atoms with Crippen LogP contribution in [-0.2, 0) is 5.41 Å². The van der Waals surface area contributed by atoms with Crippen molar-refractivity contribution in [3.63, 3.8) is 0 Å². The smallest absolute Gasteiger partial charge is 0.159 e. The lowest BCUT2D eigenvalue weighted by atomic mass is 9.82. The van der Waals surface area contributed by atoms with Gasteiger partial charge < -0.3 is 9.32 Å². The van der Waals surface area contributed by atoms with Gasteiger partial charge in [0.15, 0.2) is 5.58 Å². The Morgan fingerprint density at radius 2 is 1.18 bits per heavy atom. The largest absolute Gasteiger partial charge is 0.454 e. The first kappa shape index (κ1) is 26.5. The fourth-order valence-electron chi connectivity index (χ4n) is 7.15. The molecule has 1 aromatic heterocycles. The lowest BCUT2D eigenvalue weighted by Crippen LogP contribution is -2.16. The molecule has 44 heavy (non-hydrogen) atoms. The number of para-hydroxylation sites is 2. The number of rotatable bonds is 5. The van der Waals surface area contributed by atoms with E-state index in [1.807, 2.05) is 0 Å². The molecule has 0 saturated carbocycles. The van der Waals surface area contributed by atoms with Gasteiger partial charge in [0.1, 0.15) is 5.58 Å². The summed E-state index contributed by atoms with van der Waals surface area (Å²) in [7, 11) is 0. The molecule has 8 rings (SSSR count). The van der Waals surface area contributed by atoms with E-state index in [1.165, 1.54) is 38.9 Å². The van der Waals surface area contributed by atoms with Crippen molar-refractivity contribution < 1.29 is 4.42 Å². The highest BCUT2D eigenvalue weighted by atomic mass is 16.3. The van der Waals surface area contributed by atoms with Crippen molar-refractivity contribution in [1.82, 2.24) is 0 Å². The fourth-order valence-corrected chi connectivity index (χ4v) is 7.15. The zero-order valence-corrected chi connectivity index (χ0v) is 25.6. The molecule has 6 aromatic carbocycles. The van der Waals surface area contributed by atoms with Crippen molar-refractivity contribution in [2.75, 3.05) is 4.90 Å². The molecule has 0 radical (unpaired) electrons. The number of hydrogen-bond donors (Lipinski definition) is 0. The molecule has 0 unspecified atom stereocenters. The van der Waals surface area contributed by atoms with Gasteiger partial charge in [-0.15, -0.1) is 0 Å². The molecule has 0 N–H and O–H groups in total. The summed E-state index contributed by atoms with van der Waals surface area (Å²) in [5, 5.41) is 2.30. The van der Waals surface area contributed by atoms with Gasteiger partial charge in [-0.05, 0) is 75.2 Å². The van der Waals surface area contributed by atoms with Crippen LogP contribution in [0.3, 0.4) is 0 Å². The van der Waals surface area contributed by atoms with E-state index in [0.717, 1.165) is 39.0 Å². The van der Waals surface area contributed by atoms with Crippen molar-refractivity contribution in [2.45, 2.75) is 39.0 Å². The molecular formula is C42H35NO. The molecule has 0 amide bonds. The first-order valence-electron chi connectivity index (χ1n) is 15.6. The summed E-state index contributed by atoms with van der Waals surface area (Å²) in [6.45, 7) is 9.14. The van der Waals surface area contributed by atoms with Gasteiger partial charge in [-0.1, -0.05) is 131 Å². The summed E-state index contributed by atoms with van der Waals surface area (Å²) >= 11 is 0. The zero-order valence-electron chi connectivity index (χ0n) is 25.6. The summed E-state index contributed by atoms with van der Waals surface area (Å²) in [5.74, 6) is 0.366. The topological polar surface area (TPSA) is 16.4 Å². The van der Waals surface area contributed by atoms with E-state index < -0.39 is 0 Å². The van der Waals surface area contributed by atoms with Crippen molar-refractivity contribution in [3.8, 4) is 22.3 Å². The van der Waals surface area contributed by atoms with Gasteiger partial charge in [-0.25, -0.2) is 0 Å². The van der Waals surface area contributed by atoms with E-state index in [4.69, 9.17) is 4.42 Å². The third kappa shape index (κ3) is 4.02. The van der Waals surface area contributed by atoms with Crippen LogP contribution in [0.4, 0.5) is 17.1 Å². The molecule has 2 nitrogen and oxygen atoms in total. The zero-order chi connectivity index (χ0) is 30.0. The molecule has 7 aromatic rings. The van der Waals surface area contributed by atoms with Gasteiger partial charge in [-0.3, -0.25) is 0 Å². The molecule has 0 aliphatic heterocycles. The maximum atomic E-state index is 6.84. The Kier molecular flexibility index (Phi) is 6.03. The third-order valence-electron chi connectivity index (χ3n) is 9.45. The molecular weight excluding hydrogens is 534 g/mol. The van der Waals surface area contributed by atoms with Gasteiger partial charge in [0.2, 0.25) is 0 Å². The molecule has 2 heteroatoms. The second kappa shape index (κ2) is 9.99. The molecule has 214 valence electrons. The highest BCUT2D eigenvalue weighted by Gasteiger charge is 2.36. The van der Waals surface area contributed by atoms with E-state index in [0.29, 0.717) is 5.92 Å². The van der Waals surface area contributed by atoms with Gasteiger partial charge in [0.25, 0.3) is 0 Å². The maximum absolute atomic E-state index is 6.84. The Bertz CT molecular complexity index is 2170. The molecule has 1 heterocycles. The minimum Gasteiger partial charge on any atom is -0.454 e. The Morgan fingerprint density at radius 3 is 1.95 bits per heavy atom. The lowest BCUT2D eigenvalue weighted by Gasteiger charge is -2.28. The van der Waals surface area contributed by atoms with Gasteiger partial charge in [0, 0.05) is 27.6 Å². The van der Waals surface area contributed by atoms with Crippen LogP contribution in [0.15, 0.2) is 138 Å². The minimum absolute atomic E-state index is 0.0949. The second-order valence-electron chi connectivity index (χ2n) is 12.8. The van der Waals surface area contributed by atoms with E-state index in [9.17, 15) is 0 Å². The number of benzene rings is 6. The van der Waals surface area contributed by atoms with Crippen LogP contribution in [-0.4, -0.2) is 0 Å². The highest BCUT2D eigenvalue weighted by molar-refractivity contribution is 6.11. The monoisotopic (exact) mass is 569 g/mol. The van der Waals surface area contributed by atoms with Crippen LogP contribution >= 0.6 is 0 Å². The van der Waals surface area contributed by atoms with E-state index in [-0.39, 0.29) is 5.41 Å². The van der Waals surface area contributed by atoms with E-state index in [1.54, 1.807) is 0 Å². The molecule has 1 aliphatic rings. The first-order chi connectivity index (χ1) is 21.4. The highest BCUT2D eigenvalue weighted by Crippen LogP contribution is 2.51. The van der Waals surface area contributed by atoms with Crippen LogP contribution in [0.25, 0.3) is 44.2 Å². The van der Waals surface area contributed by atoms with E-state index in [2.05, 4.69) is 166 Å².